The van der Waals surface area contributed by atoms with Crippen molar-refractivity contribution < 1.29 is 4.74 Å². The summed E-state index contributed by atoms with van der Waals surface area (Å²) in [5, 5.41) is 8.08. The summed E-state index contributed by atoms with van der Waals surface area (Å²) >= 11 is 3.49. The first-order valence-electron chi connectivity index (χ1n) is 5.62. The summed E-state index contributed by atoms with van der Waals surface area (Å²) in [6.07, 6.45) is 7.12. The highest BCUT2D eigenvalue weighted by Gasteiger charge is 2.18. The van der Waals surface area contributed by atoms with Crippen LogP contribution >= 0.6 is 15.9 Å². The third-order valence-electron chi connectivity index (χ3n) is 3.08. The number of hydrogen-bond acceptors (Lipinski definition) is 2. The number of aromatic nitrogens is 2. The first-order valence-corrected chi connectivity index (χ1v) is 6.41. The monoisotopic (exact) mass is 280 g/mol. The first-order chi connectivity index (χ1) is 7.83. The molecule has 3 rings (SSSR count). The first kappa shape index (κ1) is 10.1. The van der Waals surface area contributed by atoms with Crippen molar-refractivity contribution in [3.05, 3.63) is 22.8 Å². The van der Waals surface area contributed by atoms with E-state index in [-0.39, 0.29) is 0 Å². The van der Waals surface area contributed by atoms with Gasteiger partial charge in [-0.15, -0.1) is 0 Å². The molecule has 0 saturated heterocycles. The van der Waals surface area contributed by atoms with Crippen molar-refractivity contribution in [3.63, 3.8) is 0 Å². The van der Waals surface area contributed by atoms with Crippen LogP contribution in [-0.2, 0) is 0 Å². The number of aromatic amines is 1. The fourth-order valence-electron chi connectivity index (χ4n) is 2.27. The Morgan fingerprint density at radius 1 is 1.31 bits per heavy atom. The second-order valence-corrected chi connectivity index (χ2v) is 5.18. The van der Waals surface area contributed by atoms with E-state index in [4.69, 9.17) is 4.74 Å². The van der Waals surface area contributed by atoms with Gasteiger partial charge in [-0.3, -0.25) is 5.10 Å². The molecule has 0 unspecified atom stereocenters. The number of nitrogens with zero attached hydrogens (tertiary/aromatic N) is 1. The predicted octanol–water partition coefficient (Wildman–Crippen LogP) is 3.65. The van der Waals surface area contributed by atoms with Gasteiger partial charge in [-0.1, -0.05) is 15.9 Å². The molecule has 0 bridgehead atoms. The summed E-state index contributed by atoms with van der Waals surface area (Å²) in [5.41, 5.74) is 1.02. The Labute approximate surface area is 102 Å². The topological polar surface area (TPSA) is 37.9 Å². The third-order valence-corrected chi connectivity index (χ3v) is 3.54. The number of ether oxygens (including phenoxy) is 1. The molecule has 2 aromatic rings. The van der Waals surface area contributed by atoms with E-state index in [0.29, 0.717) is 6.10 Å². The van der Waals surface area contributed by atoms with Crippen molar-refractivity contribution >= 4 is 26.8 Å². The minimum absolute atomic E-state index is 0.382. The van der Waals surface area contributed by atoms with Crippen molar-refractivity contribution in [2.45, 2.75) is 31.8 Å². The summed E-state index contributed by atoms with van der Waals surface area (Å²) in [6, 6.07) is 4.04. The van der Waals surface area contributed by atoms with Crippen LogP contribution in [0.1, 0.15) is 25.7 Å². The van der Waals surface area contributed by atoms with Crippen molar-refractivity contribution in [2.75, 3.05) is 0 Å². The highest BCUT2D eigenvalue weighted by atomic mass is 79.9. The zero-order valence-electron chi connectivity index (χ0n) is 8.87. The van der Waals surface area contributed by atoms with Crippen LogP contribution in [0.25, 0.3) is 10.9 Å². The smallest absolute Gasteiger partial charge is 0.131 e. The quantitative estimate of drug-likeness (QED) is 0.912. The summed E-state index contributed by atoms with van der Waals surface area (Å²) in [7, 11) is 0. The van der Waals surface area contributed by atoms with Gasteiger partial charge in [-0.25, -0.2) is 0 Å². The molecule has 1 saturated carbocycles. The van der Waals surface area contributed by atoms with Gasteiger partial charge in [0.1, 0.15) is 5.75 Å². The molecule has 1 aromatic carbocycles. The van der Waals surface area contributed by atoms with Crippen LogP contribution in [-0.4, -0.2) is 16.3 Å². The van der Waals surface area contributed by atoms with Crippen LogP contribution in [0.2, 0.25) is 0 Å². The molecule has 84 valence electrons. The predicted molar refractivity (Wildman–Crippen MR) is 66.7 cm³/mol. The van der Waals surface area contributed by atoms with Crippen LogP contribution in [0.15, 0.2) is 22.8 Å². The van der Waals surface area contributed by atoms with E-state index < -0.39 is 0 Å². The Balaban J connectivity index is 1.97. The molecule has 1 aromatic heterocycles. The van der Waals surface area contributed by atoms with Crippen LogP contribution < -0.4 is 4.74 Å². The average Bonchev–Trinajstić information content (AvgIpc) is 2.87. The molecule has 1 aliphatic carbocycles. The second kappa shape index (κ2) is 4.09. The molecule has 1 fully saturated rings. The molecule has 16 heavy (non-hydrogen) atoms. The van der Waals surface area contributed by atoms with Crippen molar-refractivity contribution in [2.24, 2.45) is 0 Å². The molecule has 4 heteroatoms. The highest BCUT2D eigenvalue weighted by Crippen LogP contribution is 2.32. The summed E-state index contributed by atoms with van der Waals surface area (Å²) in [6.45, 7) is 0. The molecular formula is C12H13BrN2O. The molecule has 1 aliphatic rings. The largest absolute Gasteiger partial charge is 0.490 e. The van der Waals surface area contributed by atoms with Gasteiger partial charge in [-0.2, -0.15) is 5.10 Å². The van der Waals surface area contributed by atoms with Crippen LogP contribution in [0.3, 0.4) is 0 Å². The Morgan fingerprint density at radius 2 is 2.12 bits per heavy atom. The van der Waals surface area contributed by atoms with Crippen molar-refractivity contribution in [1.82, 2.24) is 10.2 Å². The fourth-order valence-corrected chi connectivity index (χ4v) is 2.71. The normalized spacial score (nSPS) is 17.1. The highest BCUT2D eigenvalue weighted by molar-refractivity contribution is 9.10. The van der Waals surface area contributed by atoms with Gasteiger partial charge >= 0.3 is 0 Å². The van der Waals surface area contributed by atoms with Gasteiger partial charge in [0.2, 0.25) is 0 Å². The lowest BCUT2D eigenvalue weighted by Crippen LogP contribution is -2.10. The van der Waals surface area contributed by atoms with Crippen molar-refractivity contribution in [1.29, 1.82) is 0 Å². The molecule has 1 heterocycles. The Morgan fingerprint density at radius 3 is 2.94 bits per heavy atom. The van der Waals surface area contributed by atoms with Gasteiger partial charge in [0.25, 0.3) is 0 Å². The molecule has 0 amide bonds. The van der Waals surface area contributed by atoms with Crippen LogP contribution in [0.4, 0.5) is 0 Å². The molecule has 0 aliphatic heterocycles. The lowest BCUT2D eigenvalue weighted by Gasteiger charge is -2.13. The lowest BCUT2D eigenvalue weighted by atomic mass is 10.2. The maximum atomic E-state index is 6.04. The maximum absolute atomic E-state index is 6.04. The van der Waals surface area contributed by atoms with E-state index in [9.17, 15) is 0 Å². The molecule has 0 spiro atoms. The van der Waals surface area contributed by atoms with E-state index in [1.807, 2.05) is 18.3 Å². The van der Waals surface area contributed by atoms with Crippen LogP contribution in [0.5, 0.6) is 5.75 Å². The van der Waals surface area contributed by atoms with E-state index in [1.54, 1.807) is 0 Å². The molecule has 3 nitrogen and oxygen atoms in total. The fraction of sp³-hybridized carbons (Fsp3) is 0.417. The number of nitrogens with one attached hydrogen (secondary N) is 1. The van der Waals surface area contributed by atoms with Gasteiger partial charge in [-0.05, 0) is 37.8 Å². The van der Waals surface area contributed by atoms with Crippen LogP contribution in [0, 0.1) is 0 Å². The number of fused-ring (bicyclic) bond motifs is 1. The minimum Gasteiger partial charge on any atom is -0.490 e. The van der Waals surface area contributed by atoms with E-state index in [1.165, 1.54) is 25.7 Å². The van der Waals surface area contributed by atoms with Gasteiger partial charge < -0.3 is 4.74 Å². The maximum Gasteiger partial charge on any atom is 0.131 e. The van der Waals surface area contributed by atoms with Gasteiger partial charge in [0.05, 0.1) is 23.2 Å². The second-order valence-electron chi connectivity index (χ2n) is 4.26. The molecular weight excluding hydrogens is 268 g/mol. The summed E-state index contributed by atoms with van der Waals surface area (Å²) in [5.74, 6) is 0.935. The number of rotatable bonds is 2. The number of hydrogen-bond donors (Lipinski definition) is 1. The van der Waals surface area contributed by atoms with Crippen molar-refractivity contribution in [3.8, 4) is 5.75 Å². The summed E-state index contributed by atoms with van der Waals surface area (Å²) < 4.78 is 7.06. The average molecular weight is 281 g/mol. The Kier molecular flexibility index (Phi) is 2.59. The molecule has 0 atom stereocenters. The van der Waals surface area contributed by atoms with E-state index >= 15 is 0 Å². The lowest BCUT2D eigenvalue weighted by molar-refractivity contribution is 0.212. The summed E-state index contributed by atoms with van der Waals surface area (Å²) in [4.78, 5) is 0. The minimum atomic E-state index is 0.382. The standard InChI is InChI=1S/C12H13BrN2O/c13-8-5-11-10(7-14-15-11)12(6-8)16-9-3-1-2-4-9/h5-7,9H,1-4H2,(H,14,15). The number of H-pyrrole nitrogens is 1. The van der Waals surface area contributed by atoms with E-state index in [0.717, 1.165) is 21.1 Å². The third kappa shape index (κ3) is 1.82. The molecule has 0 radical (unpaired) electrons. The zero-order valence-corrected chi connectivity index (χ0v) is 10.5. The van der Waals surface area contributed by atoms with E-state index in [2.05, 4.69) is 26.1 Å². The van der Waals surface area contributed by atoms with Gasteiger partial charge in [0.15, 0.2) is 0 Å². The Bertz CT molecular complexity index is 503. The number of benzene rings is 1. The van der Waals surface area contributed by atoms with Gasteiger partial charge in [0, 0.05) is 4.47 Å². The Hall–Kier alpha value is -1.03. The molecule has 1 N–H and O–H groups in total. The zero-order chi connectivity index (χ0) is 11.0. The SMILES string of the molecule is Brc1cc(OC2CCCC2)c2cn[nH]c2c1. The number of halogens is 1.